The van der Waals surface area contributed by atoms with Gasteiger partial charge in [-0.1, -0.05) is 25.7 Å². The number of nitrogens with two attached hydrogens (primary N) is 1. The summed E-state index contributed by atoms with van der Waals surface area (Å²) in [5, 5.41) is 10.8. The third-order valence-electron chi connectivity index (χ3n) is 18.9. The zero-order chi connectivity index (χ0) is 67.4. The molecule has 0 radical (unpaired) electrons. The molecule has 6 atom stereocenters. The molecule has 6 aliphatic rings. The molecule has 4 aliphatic heterocycles. The normalized spacial score (nSPS) is 20.1. The van der Waals surface area contributed by atoms with E-state index < -0.39 is 23.8 Å². The number of likely N-dealkylation sites (tertiary alicyclic amines) is 2. The molecule has 4 bridgehead atoms. The summed E-state index contributed by atoms with van der Waals surface area (Å²) in [6.45, 7) is 7.20. The van der Waals surface area contributed by atoms with Gasteiger partial charge in [-0.05, 0) is 145 Å². The van der Waals surface area contributed by atoms with Crippen LogP contribution in [0.4, 0.5) is 28.3 Å². The molecule has 7 amide bonds. The summed E-state index contributed by atoms with van der Waals surface area (Å²) < 4.78 is 9.58. The Balaban J connectivity index is 0.000000195. The third-order valence-corrected chi connectivity index (χ3v) is 20.2. The van der Waals surface area contributed by atoms with Crippen molar-refractivity contribution in [2.45, 2.75) is 165 Å². The minimum absolute atomic E-state index is 0.00297. The van der Waals surface area contributed by atoms with Gasteiger partial charge < -0.3 is 65.0 Å². The van der Waals surface area contributed by atoms with Crippen LogP contribution in [0, 0.1) is 0 Å². The fourth-order valence-electron chi connectivity index (χ4n) is 14.3. The Labute approximate surface area is 563 Å². The van der Waals surface area contributed by atoms with Gasteiger partial charge in [-0.3, -0.25) is 28.8 Å². The summed E-state index contributed by atoms with van der Waals surface area (Å²) in [4.78, 5) is 131. The quantitative estimate of drug-likeness (QED) is 0.0595. The van der Waals surface area contributed by atoms with Gasteiger partial charge in [-0.25, -0.2) is 24.7 Å². The van der Waals surface area contributed by atoms with Gasteiger partial charge in [0.2, 0.25) is 23.7 Å². The molecule has 5 N–H and O–H groups in total. The van der Waals surface area contributed by atoms with Crippen molar-refractivity contribution in [1.82, 2.24) is 73.8 Å². The second-order valence-electron chi connectivity index (χ2n) is 27.2. The lowest BCUT2D eigenvalue weighted by Gasteiger charge is -2.42. The molecule has 12 rings (SSSR count). The number of fused-ring (bicyclic) bond motifs is 6. The van der Waals surface area contributed by atoms with Crippen LogP contribution >= 0.6 is 23.5 Å². The fraction of sp³-hybridized carbons (Fsp3) is 0.567. The van der Waals surface area contributed by atoms with E-state index in [0.717, 1.165) is 99.2 Å². The lowest BCUT2D eigenvalue weighted by Crippen LogP contribution is -2.61. The smallest absolute Gasteiger partial charge is 0.408 e. The van der Waals surface area contributed by atoms with Gasteiger partial charge in [0.05, 0.1) is 17.2 Å². The van der Waals surface area contributed by atoms with Crippen molar-refractivity contribution in [3.8, 4) is 0 Å². The van der Waals surface area contributed by atoms with E-state index in [4.69, 9.17) is 20.4 Å². The summed E-state index contributed by atoms with van der Waals surface area (Å²) >= 11 is 3.30. The highest BCUT2D eigenvalue weighted by Crippen LogP contribution is 2.38. The van der Waals surface area contributed by atoms with Crippen molar-refractivity contribution in [2.75, 3.05) is 89.0 Å². The molecule has 4 unspecified atom stereocenters. The molecule has 6 aromatic rings. The number of ether oxygens (including phenoxy) is 1. The standard InChI is InChI=1S/C36H49N9O5S.C31H41N9O3S/c1-36(2,3)50-35(49)39-27(15-16-51-6)32(47)44-25-12-13-26(44)21-43(20-25)31(46)22-11-14-29(37-18-22)40-34-38-19-23-17-28(33(48)42(4)5)45(30(23)41-34)24-9-7-8-10-24;1-37(2)30(43)25-14-20-16-34-31(36-27(20)40(25)21-6-4-5-7-21)35-26-11-8-19(15-33-26)28(41)38-17-22-9-10-23(18-38)39(22)29(42)24(32)12-13-44-3/h11,14,17-19,24-27H,7-10,12-13,15-16,20-21H2,1-6H3,(H,39,49)(H,37,38,40,41);8,11,14-16,21-24H,4-7,9-10,12-13,17-18,32H2,1-3H3,(H,33,34,35,36)/t25?,26?,27-;22?,23?,24-/m11/s1. The second kappa shape index (κ2) is 29.5. The van der Waals surface area contributed by atoms with Gasteiger partial charge in [-0.15, -0.1) is 0 Å². The van der Waals surface area contributed by atoms with Crippen LogP contribution in [0.25, 0.3) is 22.1 Å². The number of carbonyl (C=O) groups is 7. The molecule has 28 heteroatoms. The highest BCUT2D eigenvalue weighted by Gasteiger charge is 2.47. The van der Waals surface area contributed by atoms with Crippen molar-refractivity contribution in [2.24, 2.45) is 5.73 Å². The first kappa shape index (κ1) is 68.3. The van der Waals surface area contributed by atoms with E-state index in [-0.39, 0.29) is 71.7 Å². The van der Waals surface area contributed by atoms with Crippen molar-refractivity contribution in [3.05, 3.63) is 83.7 Å². The molecule has 26 nitrogen and oxygen atoms in total. The summed E-state index contributed by atoms with van der Waals surface area (Å²) in [5.74, 6) is 2.82. The number of nitrogens with zero attached hydrogens (tertiary/aromatic N) is 14. The molecule has 10 heterocycles. The Morgan fingerprint density at radius 1 is 0.568 bits per heavy atom. The maximum absolute atomic E-state index is 13.8. The van der Waals surface area contributed by atoms with Gasteiger partial charge in [0.15, 0.2) is 0 Å². The maximum atomic E-state index is 13.8. The van der Waals surface area contributed by atoms with Crippen LogP contribution in [0.1, 0.15) is 164 Å². The summed E-state index contributed by atoms with van der Waals surface area (Å²) in [7, 11) is 7.02. The van der Waals surface area contributed by atoms with E-state index in [0.29, 0.717) is 96.5 Å². The van der Waals surface area contributed by atoms with E-state index in [1.54, 1.807) is 136 Å². The minimum atomic E-state index is -0.693. The molecular formula is C67H90N18O8S2. The first-order valence-electron chi connectivity index (χ1n) is 33.2. The van der Waals surface area contributed by atoms with E-state index in [9.17, 15) is 33.6 Å². The second-order valence-corrected chi connectivity index (χ2v) is 29.2. The predicted octanol–water partition coefficient (Wildman–Crippen LogP) is 8.13. The number of amides is 7. The van der Waals surface area contributed by atoms with Gasteiger partial charge in [0.1, 0.15) is 46.0 Å². The number of rotatable bonds is 19. The Morgan fingerprint density at radius 3 is 1.36 bits per heavy atom. The molecule has 0 aromatic carbocycles. The van der Waals surface area contributed by atoms with E-state index in [2.05, 4.69) is 45.0 Å². The van der Waals surface area contributed by atoms with Gasteiger partial charge in [0, 0.05) is 126 Å². The van der Waals surface area contributed by atoms with Crippen LogP contribution in [0.3, 0.4) is 0 Å². The largest absolute Gasteiger partial charge is 0.444 e. The molecule has 2 saturated carbocycles. The summed E-state index contributed by atoms with van der Waals surface area (Å²) in [6, 6.07) is 9.70. The van der Waals surface area contributed by atoms with E-state index in [1.165, 1.54) is 0 Å². The highest BCUT2D eigenvalue weighted by atomic mass is 32.2. The van der Waals surface area contributed by atoms with Crippen LogP contribution in [-0.2, 0) is 14.3 Å². The van der Waals surface area contributed by atoms with Gasteiger partial charge in [-0.2, -0.15) is 33.5 Å². The van der Waals surface area contributed by atoms with E-state index >= 15 is 0 Å². The molecule has 95 heavy (non-hydrogen) atoms. The van der Waals surface area contributed by atoms with Gasteiger partial charge in [0.25, 0.3) is 23.6 Å². The molecule has 6 fully saturated rings. The number of anilines is 4. The number of hydrogen-bond acceptors (Lipinski definition) is 19. The van der Waals surface area contributed by atoms with Crippen LogP contribution in [0.2, 0.25) is 0 Å². The summed E-state index contributed by atoms with van der Waals surface area (Å²) in [5.41, 5.74) is 9.14. The number of pyridine rings is 2. The number of piperazine rings is 2. The SMILES string of the molecule is CSCC[C@@H](N)C(=O)N1C2CCC1CN(C(=O)c1ccc(Nc3ncc4cc(C(=O)N(C)C)n(C5CCCC5)c4n3)nc1)C2.CSCC[C@@H](NC(=O)OC(C)(C)C)C(=O)N1C2CCC1CN(C(=O)c1ccc(Nc3ncc4cc(C(=O)N(C)C)n(C5CCCC5)c4n3)nc1)C2. The highest BCUT2D eigenvalue weighted by molar-refractivity contribution is 7.98. The zero-order valence-electron chi connectivity index (χ0n) is 56.0. The van der Waals surface area contributed by atoms with Crippen LogP contribution < -0.4 is 21.7 Å². The monoisotopic (exact) mass is 1340 g/mol. The molecule has 0 spiro atoms. The number of aromatic nitrogens is 8. The topological polar surface area (TPSA) is 297 Å². The molecular weight excluding hydrogens is 1250 g/mol. The zero-order valence-corrected chi connectivity index (χ0v) is 57.6. The molecule has 2 aliphatic carbocycles. The van der Waals surface area contributed by atoms with E-state index in [1.807, 2.05) is 39.3 Å². The Hall–Kier alpha value is -8.11. The van der Waals surface area contributed by atoms with Crippen molar-refractivity contribution >= 4 is 111 Å². The number of carbonyl (C=O) groups excluding carboxylic acids is 7. The summed E-state index contributed by atoms with van der Waals surface area (Å²) in [6.07, 6.45) is 23.0. The van der Waals surface area contributed by atoms with Crippen LogP contribution in [0.5, 0.6) is 0 Å². The van der Waals surface area contributed by atoms with Crippen LogP contribution in [-0.4, -0.2) is 230 Å². The number of hydrogen-bond donors (Lipinski definition) is 4. The van der Waals surface area contributed by atoms with Crippen molar-refractivity contribution < 1.29 is 38.3 Å². The van der Waals surface area contributed by atoms with Crippen LogP contribution in [0.15, 0.2) is 61.2 Å². The third kappa shape index (κ3) is 15.3. The van der Waals surface area contributed by atoms with Crippen molar-refractivity contribution in [3.63, 3.8) is 0 Å². The molecule has 6 aromatic heterocycles. The minimum Gasteiger partial charge on any atom is -0.444 e. The fourth-order valence-corrected chi connectivity index (χ4v) is 15.3. The first-order valence-corrected chi connectivity index (χ1v) is 36.0. The average molecular weight is 1340 g/mol. The van der Waals surface area contributed by atoms with Crippen molar-refractivity contribution in [1.29, 1.82) is 0 Å². The Morgan fingerprint density at radius 2 is 0.979 bits per heavy atom. The molecule has 508 valence electrons. The Bertz CT molecular complexity index is 3760. The lowest BCUT2D eigenvalue weighted by molar-refractivity contribution is -0.139. The predicted molar refractivity (Wildman–Crippen MR) is 367 cm³/mol. The molecule has 4 saturated heterocycles. The maximum Gasteiger partial charge on any atom is 0.408 e. The first-order chi connectivity index (χ1) is 45.6. The lowest BCUT2D eigenvalue weighted by atomic mass is 10.1. The number of thioether (sulfide) groups is 2. The average Bonchev–Trinajstić information content (AvgIpc) is 1.66. The van der Waals surface area contributed by atoms with Gasteiger partial charge >= 0.3 is 6.09 Å². The number of nitrogens with one attached hydrogen (secondary N) is 3. The Kier molecular flexibility index (Phi) is 21.2. The number of alkyl carbamates (subject to hydrolysis) is 1.